The van der Waals surface area contributed by atoms with E-state index in [2.05, 4.69) is 48.2 Å². The number of sulfone groups is 1. The molecule has 1 fully saturated rings. The van der Waals surface area contributed by atoms with Crippen molar-refractivity contribution >= 4 is 39.8 Å². The first-order valence-electron chi connectivity index (χ1n) is 9.47. The van der Waals surface area contributed by atoms with Crippen LogP contribution in [-0.2, 0) is 14.6 Å². The van der Waals surface area contributed by atoms with E-state index in [4.69, 9.17) is 4.74 Å². The highest BCUT2D eigenvalue weighted by molar-refractivity contribution is 14.0. The highest BCUT2D eigenvalue weighted by Gasteiger charge is 2.23. The fraction of sp³-hybridized carbons (Fsp3) is 0.944. The van der Waals surface area contributed by atoms with E-state index in [0.717, 1.165) is 32.2 Å². The Bertz CT molecular complexity index is 553. The van der Waals surface area contributed by atoms with Gasteiger partial charge in [0, 0.05) is 46.0 Å². The molecule has 0 saturated carbocycles. The molecule has 1 heterocycles. The van der Waals surface area contributed by atoms with Crippen molar-refractivity contribution in [3.8, 4) is 0 Å². The maximum atomic E-state index is 11.4. The van der Waals surface area contributed by atoms with Crippen LogP contribution in [0.5, 0.6) is 0 Å². The van der Waals surface area contributed by atoms with Crippen molar-refractivity contribution in [2.75, 3.05) is 58.4 Å². The minimum atomic E-state index is -2.94. The number of morpholine rings is 1. The number of hydrogen-bond acceptors (Lipinski definition) is 5. The summed E-state index contributed by atoms with van der Waals surface area (Å²) >= 11 is 0. The van der Waals surface area contributed by atoms with Gasteiger partial charge in [0.1, 0.15) is 9.84 Å². The van der Waals surface area contributed by atoms with Gasteiger partial charge in [-0.2, -0.15) is 0 Å². The van der Waals surface area contributed by atoms with Crippen LogP contribution in [0.3, 0.4) is 0 Å². The van der Waals surface area contributed by atoms with E-state index in [1.807, 2.05) is 0 Å². The summed E-state index contributed by atoms with van der Waals surface area (Å²) in [7, 11) is -1.19. The molecular formula is C18H39IN4O3S. The predicted octanol–water partition coefficient (Wildman–Crippen LogP) is 1.59. The monoisotopic (exact) mass is 518 g/mol. The molecule has 1 atom stereocenters. The zero-order valence-corrected chi connectivity index (χ0v) is 20.9. The van der Waals surface area contributed by atoms with Crippen molar-refractivity contribution in [1.29, 1.82) is 0 Å². The first-order valence-corrected chi connectivity index (χ1v) is 11.5. The number of halogens is 1. The summed E-state index contributed by atoms with van der Waals surface area (Å²) < 4.78 is 28.6. The fourth-order valence-electron chi connectivity index (χ4n) is 2.89. The van der Waals surface area contributed by atoms with Crippen LogP contribution < -0.4 is 10.6 Å². The average molecular weight is 519 g/mol. The van der Waals surface area contributed by atoms with Gasteiger partial charge < -0.3 is 15.4 Å². The molecule has 0 aromatic carbocycles. The standard InChI is InChI=1S/C18H38N4O3S.HI/c1-15(2)12-22-8-9-25-16(13-22)11-20-17(19-5)21-14-18(3,4)7-10-26(6,23)24;/h15-16H,7-14H2,1-6H3,(H2,19,20,21);1H. The Kier molecular flexibility index (Phi) is 12.4. The minimum Gasteiger partial charge on any atom is -0.374 e. The topological polar surface area (TPSA) is 83.0 Å². The van der Waals surface area contributed by atoms with Gasteiger partial charge >= 0.3 is 0 Å². The molecule has 1 rings (SSSR count). The average Bonchev–Trinajstić information content (AvgIpc) is 2.52. The number of ether oxygens (including phenoxy) is 1. The molecule has 1 unspecified atom stereocenters. The Balaban J connectivity index is 0.00000676. The summed E-state index contributed by atoms with van der Waals surface area (Å²) in [4.78, 5) is 6.71. The van der Waals surface area contributed by atoms with E-state index in [9.17, 15) is 8.42 Å². The smallest absolute Gasteiger partial charge is 0.191 e. The Morgan fingerprint density at radius 2 is 2.00 bits per heavy atom. The van der Waals surface area contributed by atoms with Gasteiger partial charge in [-0.05, 0) is 17.8 Å². The molecule has 1 saturated heterocycles. The van der Waals surface area contributed by atoms with E-state index in [1.54, 1.807) is 7.05 Å². The van der Waals surface area contributed by atoms with Crippen molar-refractivity contribution in [1.82, 2.24) is 15.5 Å². The fourth-order valence-corrected chi connectivity index (χ4v) is 3.81. The second kappa shape index (κ2) is 12.4. The lowest BCUT2D eigenvalue weighted by Gasteiger charge is -2.34. The number of hydrogen-bond donors (Lipinski definition) is 2. The third-order valence-corrected chi connectivity index (χ3v) is 5.40. The maximum absolute atomic E-state index is 11.4. The maximum Gasteiger partial charge on any atom is 0.191 e. The van der Waals surface area contributed by atoms with Crippen LogP contribution in [0.15, 0.2) is 4.99 Å². The second-order valence-corrected chi connectivity index (χ2v) is 10.8. The van der Waals surface area contributed by atoms with E-state index < -0.39 is 9.84 Å². The summed E-state index contributed by atoms with van der Waals surface area (Å²) in [5.41, 5.74) is -0.129. The lowest BCUT2D eigenvalue weighted by molar-refractivity contribution is -0.0284. The van der Waals surface area contributed by atoms with Crippen LogP contribution in [0.2, 0.25) is 0 Å². The quantitative estimate of drug-likeness (QED) is 0.274. The Morgan fingerprint density at radius 1 is 1.33 bits per heavy atom. The largest absolute Gasteiger partial charge is 0.374 e. The summed E-state index contributed by atoms with van der Waals surface area (Å²) in [6.45, 7) is 13.8. The van der Waals surface area contributed by atoms with Crippen LogP contribution in [0.1, 0.15) is 34.1 Å². The lowest BCUT2D eigenvalue weighted by Crippen LogP contribution is -2.50. The summed E-state index contributed by atoms with van der Waals surface area (Å²) in [5.74, 6) is 1.59. The molecule has 27 heavy (non-hydrogen) atoms. The van der Waals surface area contributed by atoms with Gasteiger partial charge in [-0.15, -0.1) is 24.0 Å². The van der Waals surface area contributed by atoms with Gasteiger partial charge in [-0.1, -0.05) is 27.7 Å². The zero-order chi connectivity index (χ0) is 19.8. The third kappa shape index (κ3) is 12.8. The first kappa shape index (κ1) is 26.9. The Hall–Kier alpha value is -0.130. The Morgan fingerprint density at radius 3 is 2.56 bits per heavy atom. The molecule has 1 aliphatic rings. The van der Waals surface area contributed by atoms with Crippen LogP contribution >= 0.6 is 24.0 Å². The van der Waals surface area contributed by atoms with E-state index in [1.165, 1.54) is 6.26 Å². The van der Waals surface area contributed by atoms with Crippen molar-refractivity contribution in [2.24, 2.45) is 16.3 Å². The van der Waals surface area contributed by atoms with E-state index in [0.29, 0.717) is 25.4 Å². The molecule has 0 aromatic heterocycles. The predicted molar refractivity (Wildman–Crippen MR) is 124 cm³/mol. The lowest BCUT2D eigenvalue weighted by atomic mass is 9.90. The van der Waals surface area contributed by atoms with Crippen molar-refractivity contribution in [3.63, 3.8) is 0 Å². The number of nitrogens with zero attached hydrogens (tertiary/aromatic N) is 2. The molecule has 1 aliphatic heterocycles. The van der Waals surface area contributed by atoms with E-state index in [-0.39, 0.29) is 41.2 Å². The zero-order valence-electron chi connectivity index (χ0n) is 17.7. The van der Waals surface area contributed by atoms with E-state index >= 15 is 0 Å². The number of nitrogens with one attached hydrogen (secondary N) is 2. The van der Waals surface area contributed by atoms with Crippen LogP contribution in [-0.4, -0.2) is 83.8 Å². The number of rotatable bonds is 9. The molecule has 0 amide bonds. The minimum absolute atomic E-state index is 0. The second-order valence-electron chi connectivity index (χ2n) is 8.50. The summed E-state index contributed by atoms with van der Waals surface area (Å²) in [5, 5.41) is 6.63. The molecule has 0 aromatic rings. The molecule has 162 valence electrons. The van der Waals surface area contributed by atoms with Crippen LogP contribution in [0.4, 0.5) is 0 Å². The normalized spacial score (nSPS) is 19.7. The van der Waals surface area contributed by atoms with Gasteiger partial charge in [-0.3, -0.25) is 9.89 Å². The molecule has 0 radical (unpaired) electrons. The molecule has 7 nitrogen and oxygen atoms in total. The highest BCUT2D eigenvalue weighted by atomic mass is 127. The van der Waals surface area contributed by atoms with Crippen molar-refractivity contribution in [3.05, 3.63) is 0 Å². The van der Waals surface area contributed by atoms with Gasteiger partial charge in [0.15, 0.2) is 5.96 Å². The number of guanidine groups is 1. The van der Waals surface area contributed by atoms with Gasteiger partial charge in [0.2, 0.25) is 0 Å². The molecule has 9 heteroatoms. The van der Waals surface area contributed by atoms with Gasteiger partial charge in [0.25, 0.3) is 0 Å². The van der Waals surface area contributed by atoms with Crippen molar-refractivity contribution < 1.29 is 13.2 Å². The third-order valence-electron chi connectivity index (χ3n) is 4.45. The number of aliphatic imine (C=N–C) groups is 1. The summed E-state index contributed by atoms with van der Waals surface area (Å²) in [6.07, 6.45) is 2.05. The SMILES string of the molecule is CN=C(NCC1CN(CC(C)C)CCO1)NCC(C)(C)CCS(C)(=O)=O.I. The molecular weight excluding hydrogens is 479 g/mol. The van der Waals surface area contributed by atoms with Gasteiger partial charge in [0.05, 0.1) is 18.5 Å². The first-order chi connectivity index (χ1) is 12.0. The Labute approximate surface area is 183 Å². The molecule has 0 spiro atoms. The summed E-state index contributed by atoms with van der Waals surface area (Å²) in [6, 6.07) is 0. The molecule has 0 bridgehead atoms. The molecule has 2 N–H and O–H groups in total. The van der Waals surface area contributed by atoms with Gasteiger partial charge in [-0.25, -0.2) is 8.42 Å². The van der Waals surface area contributed by atoms with Crippen molar-refractivity contribution in [2.45, 2.75) is 40.2 Å². The highest BCUT2D eigenvalue weighted by Crippen LogP contribution is 2.19. The molecule has 0 aliphatic carbocycles. The van der Waals surface area contributed by atoms with Crippen LogP contribution in [0.25, 0.3) is 0 Å². The van der Waals surface area contributed by atoms with Crippen LogP contribution in [0, 0.1) is 11.3 Å².